The minimum Gasteiger partial charge on any atom is -0.481 e. The van der Waals surface area contributed by atoms with Crippen molar-refractivity contribution in [3.05, 3.63) is 16.6 Å². The first-order valence-corrected chi connectivity index (χ1v) is 5.84. The van der Waals surface area contributed by atoms with E-state index in [1.54, 1.807) is 17.5 Å². The number of thiazole rings is 1. The summed E-state index contributed by atoms with van der Waals surface area (Å²) in [5.74, 6) is -0.745. The van der Waals surface area contributed by atoms with E-state index < -0.39 is 5.97 Å². The van der Waals surface area contributed by atoms with Crippen LogP contribution in [0.25, 0.3) is 0 Å². The first kappa shape index (κ1) is 12.1. The summed E-state index contributed by atoms with van der Waals surface area (Å²) in [6.45, 7) is 4.03. The number of carboxylic acids is 1. The van der Waals surface area contributed by atoms with E-state index in [2.05, 4.69) is 10.3 Å². The molecule has 1 aromatic heterocycles. The van der Waals surface area contributed by atoms with Gasteiger partial charge in [-0.15, -0.1) is 11.3 Å². The van der Waals surface area contributed by atoms with Crippen LogP contribution in [0.3, 0.4) is 0 Å². The smallest absolute Gasteiger partial charge is 0.303 e. The van der Waals surface area contributed by atoms with Gasteiger partial charge in [-0.3, -0.25) is 4.79 Å². The Bertz CT molecular complexity index is 300. The van der Waals surface area contributed by atoms with Crippen LogP contribution in [0.5, 0.6) is 0 Å². The quantitative estimate of drug-likeness (QED) is 0.782. The zero-order valence-corrected chi connectivity index (χ0v) is 9.75. The van der Waals surface area contributed by atoms with Gasteiger partial charge in [-0.1, -0.05) is 0 Å². The number of aliphatic carboxylic acids is 1. The molecule has 0 fully saturated rings. The predicted octanol–water partition coefficient (Wildman–Crippen LogP) is 2.05. The second-order valence-electron chi connectivity index (χ2n) is 3.59. The summed E-state index contributed by atoms with van der Waals surface area (Å²) in [6.07, 6.45) is 2.63. The van der Waals surface area contributed by atoms with Crippen LogP contribution >= 0.6 is 11.3 Å². The van der Waals surface area contributed by atoms with E-state index >= 15 is 0 Å². The lowest BCUT2D eigenvalue weighted by Gasteiger charge is -2.17. The van der Waals surface area contributed by atoms with Crippen LogP contribution < -0.4 is 5.32 Å². The Morgan fingerprint density at radius 3 is 2.93 bits per heavy atom. The Morgan fingerprint density at radius 1 is 1.67 bits per heavy atom. The summed E-state index contributed by atoms with van der Waals surface area (Å²) in [5, 5.41) is 14.8. The van der Waals surface area contributed by atoms with E-state index in [4.69, 9.17) is 5.11 Å². The molecule has 0 saturated carbocycles. The highest BCUT2D eigenvalue weighted by molar-refractivity contribution is 7.09. The van der Waals surface area contributed by atoms with Crippen LogP contribution in [-0.2, 0) is 4.79 Å². The summed E-state index contributed by atoms with van der Waals surface area (Å²) >= 11 is 1.61. The van der Waals surface area contributed by atoms with Gasteiger partial charge >= 0.3 is 5.97 Å². The average molecular weight is 228 g/mol. The number of carboxylic acid groups (broad SMARTS) is 1. The summed E-state index contributed by atoms with van der Waals surface area (Å²) in [7, 11) is 0. The largest absolute Gasteiger partial charge is 0.481 e. The number of aromatic nitrogens is 1. The van der Waals surface area contributed by atoms with Crippen LogP contribution in [0.2, 0.25) is 0 Å². The highest BCUT2D eigenvalue weighted by atomic mass is 32.1. The molecule has 15 heavy (non-hydrogen) atoms. The minimum atomic E-state index is -0.745. The molecule has 0 aliphatic rings. The molecule has 1 aromatic rings. The molecule has 0 spiro atoms. The van der Waals surface area contributed by atoms with Crippen molar-refractivity contribution in [1.82, 2.24) is 10.3 Å². The van der Waals surface area contributed by atoms with Crippen molar-refractivity contribution in [1.29, 1.82) is 0 Å². The van der Waals surface area contributed by atoms with Gasteiger partial charge in [-0.2, -0.15) is 0 Å². The topological polar surface area (TPSA) is 62.2 Å². The van der Waals surface area contributed by atoms with Gasteiger partial charge in [0.05, 0.1) is 6.04 Å². The van der Waals surface area contributed by atoms with E-state index in [-0.39, 0.29) is 18.5 Å². The molecule has 84 valence electrons. The van der Waals surface area contributed by atoms with Crippen LogP contribution in [0.4, 0.5) is 0 Å². The van der Waals surface area contributed by atoms with Gasteiger partial charge in [-0.25, -0.2) is 4.98 Å². The van der Waals surface area contributed by atoms with Crippen LogP contribution in [0, 0.1) is 0 Å². The highest BCUT2D eigenvalue weighted by Crippen LogP contribution is 2.15. The van der Waals surface area contributed by atoms with Crippen molar-refractivity contribution >= 4 is 17.3 Å². The van der Waals surface area contributed by atoms with Gasteiger partial charge < -0.3 is 10.4 Å². The maximum absolute atomic E-state index is 10.4. The lowest BCUT2D eigenvalue weighted by atomic mass is 10.1. The Balaban J connectivity index is 2.31. The fraction of sp³-hybridized carbons (Fsp3) is 0.600. The lowest BCUT2D eigenvalue weighted by molar-refractivity contribution is -0.137. The predicted molar refractivity (Wildman–Crippen MR) is 60.0 cm³/mol. The van der Waals surface area contributed by atoms with E-state index in [1.807, 2.05) is 19.2 Å². The Labute approximate surface area is 93.4 Å². The van der Waals surface area contributed by atoms with E-state index in [0.29, 0.717) is 6.42 Å². The Morgan fingerprint density at radius 2 is 2.40 bits per heavy atom. The van der Waals surface area contributed by atoms with Crippen molar-refractivity contribution in [3.8, 4) is 0 Å². The Hall–Kier alpha value is -0.940. The average Bonchev–Trinajstić information content (AvgIpc) is 2.67. The highest BCUT2D eigenvalue weighted by Gasteiger charge is 2.12. The summed E-state index contributed by atoms with van der Waals surface area (Å²) < 4.78 is 0. The van der Waals surface area contributed by atoms with Gasteiger partial charge in [0, 0.05) is 24.0 Å². The molecule has 0 saturated heterocycles. The molecule has 0 radical (unpaired) electrons. The molecule has 4 nitrogen and oxygen atoms in total. The molecule has 0 amide bonds. The SMILES string of the molecule is CC(CCC(=O)O)NC(C)c1nccs1. The third-order valence-corrected chi connectivity index (χ3v) is 3.11. The zero-order chi connectivity index (χ0) is 11.3. The summed E-state index contributed by atoms with van der Waals surface area (Å²) in [5.41, 5.74) is 0. The van der Waals surface area contributed by atoms with E-state index in [9.17, 15) is 4.79 Å². The fourth-order valence-corrected chi connectivity index (χ4v) is 2.02. The van der Waals surface area contributed by atoms with Crippen molar-refractivity contribution < 1.29 is 9.90 Å². The van der Waals surface area contributed by atoms with Gasteiger partial charge in [0.1, 0.15) is 5.01 Å². The number of hydrogen-bond donors (Lipinski definition) is 2. The number of carbonyl (C=O) groups is 1. The maximum Gasteiger partial charge on any atom is 0.303 e. The minimum absolute atomic E-state index is 0.189. The normalized spacial score (nSPS) is 14.8. The van der Waals surface area contributed by atoms with Gasteiger partial charge in [0.15, 0.2) is 0 Å². The summed E-state index contributed by atoms with van der Waals surface area (Å²) in [4.78, 5) is 14.6. The van der Waals surface area contributed by atoms with Crippen molar-refractivity contribution in [3.63, 3.8) is 0 Å². The molecule has 0 aliphatic carbocycles. The second-order valence-corrected chi connectivity index (χ2v) is 4.52. The van der Waals surface area contributed by atoms with Crippen molar-refractivity contribution in [2.24, 2.45) is 0 Å². The molecule has 5 heteroatoms. The molecule has 2 N–H and O–H groups in total. The molecule has 1 heterocycles. The molecule has 2 atom stereocenters. The lowest BCUT2D eigenvalue weighted by Crippen LogP contribution is -2.29. The molecular weight excluding hydrogens is 212 g/mol. The number of rotatable bonds is 6. The van der Waals surface area contributed by atoms with Gasteiger partial charge in [-0.05, 0) is 20.3 Å². The standard InChI is InChI=1S/C10H16N2O2S/c1-7(3-4-9(13)14)12-8(2)10-11-5-6-15-10/h5-8,12H,3-4H2,1-2H3,(H,13,14). The fourth-order valence-electron chi connectivity index (χ4n) is 1.37. The molecule has 0 bridgehead atoms. The maximum atomic E-state index is 10.4. The molecule has 2 unspecified atom stereocenters. The molecule has 0 aromatic carbocycles. The van der Waals surface area contributed by atoms with E-state index in [0.717, 1.165) is 5.01 Å². The van der Waals surface area contributed by atoms with Crippen LogP contribution in [-0.4, -0.2) is 22.1 Å². The number of nitrogens with zero attached hydrogens (tertiary/aromatic N) is 1. The van der Waals surface area contributed by atoms with Gasteiger partial charge in [0.2, 0.25) is 0 Å². The van der Waals surface area contributed by atoms with Crippen molar-refractivity contribution in [2.45, 2.75) is 38.8 Å². The first-order valence-electron chi connectivity index (χ1n) is 4.97. The molecular formula is C10H16N2O2S. The number of nitrogens with one attached hydrogen (secondary N) is 1. The zero-order valence-electron chi connectivity index (χ0n) is 8.93. The Kier molecular flexibility index (Phi) is 4.71. The monoisotopic (exact) mass is 228 g/mol. The van der Waals surface area contributed by atoms with Crippen molar-refractivity contribution in [2.75, 3.05) is 0 Å². The van der Waals surface area contributed by atoms with E-state index in [1.165, 1.54) is 0 Å². The second kappa shape index (κ2) is 5.82. The number of hydrogen-bond acceptors (Lipinski definition) is 4. The van der Waals surface area contributed by atoms with Crippen LogP contribution in [0.1, 0.15) is 37.7 Å². The van der Waals surface area contributed by atoms with Crippen LogP contribution in [0.15, 0.2) is 11.6 Å². The third kappa shape index (κ3) is 4.40. The molecule has 1 rings (SSSR count). The summed E-state index contributed by atoms with van der Waals surface area (Å²) in [6, 6.07) is 0.383. The van der Waals surface area contributed by atoms with Gasteiger partial charge in [0.25, 0.3) is 0 Å². The first-order chi connectivity index (χ1) is 7.09. The molecule has 0 aliphatic heterocycles. The third-order valence-electron chi connectivity index (χ3n) is 2.15.